The molecule has 4 aromatic rings. The summed E-state index contributed by atoms with van der Waals surface area (Å²) in [5, 5.41) is 4.69. The van der Waals surface area contributed by atoms with E-state index in [9.17, 15) is 4.79 Å². The van der Waals surface area contributed by atoms with Gasteiger partial charge in [-0.1, -0.05) is 48.5 Å². The molecule has 0 N–H and O–H groups in total. The van der Waals surface area contributed by atoms with Crippen molar-refractivity contribution in [2.75, 3.05) is 0 Å². The molecule has 0 spiro atoms. The molecule has 0 bridgehead atoms. The predicted molar refractivity (Wildman–Crippen MR) is 96.8 cm³/mol. The van der Waals surface area contributed by atoms with Gasteiger partial charge in [-0.15, -0.1) is 0 Å². The first kappa shape index (κ1) is 15.9. The fourth-order valence-electron chi connectivity index (χ4n) is 2.68. The predicted octanol–water partition coefficient (Wildman–Crippen LogP) is 4.49. The Morgan fingerprint density at radius 3 is 2.38 bits per heavy atom. The Morgan fingerprint density at radius 1 is 0.962 bits per heavy atom. The molecule has 0 atom stereocenters. The zero-order valence-corrected chi connectivity index (χ0v) is 13.9. The SMILES string of the molecule is O=C(OCc1cn(-c2ccccc2)nc1-c1ccccc1)c1ccco1. The molecule has 0 radical (unpaired) electrons. The van der Waals surface area contributed by atoms with E-state index in [1.807, 2.05) is 66.9 Å². The molecule has 2 aromatic heterocycles. The van der Waals surface area contributed by atoms with Gasteiger partial charge in [-0.2, -0.15) is 5.10 Å². The number of rotatable bonds is 5. The van der Waals surface area contributed by atoms with E-state index >= 15 is 0 Å². The van der Waals surface area contributed by atoms with Crippen LogP contribution >= 0.6 is 0 Å². The molecule has 4 rings (SSSR count). The van der Waals surface area contributed by atoms with Crippen molar-refractivity contribution in [3.05, 3.63) is 96.6 Å². The normalized spacial score (nSPS) is 10.6. The van der Waals surface area contributed by atoms with Gasteiger partial charge < -0.3 is 9.15 Å². The van der Waals surface area contributed by atoms with Crippen LogP contribution in [0.4, 0.5) is 0 Å². The van der Waals surface area contributed by atoms with Crippen LogP contribution in [0, 0.1) is 0 Å². The van der Waals surface area contributed by atoms with Crippen molar-refractivity contribution in [2.45, 2.75) is 6.61 Å². The summed E-state index contributed by atoms with van der Waals surface area (Å²) < 4.78 is 12.3. The number of furan rings is 1. The van der Waals surface area contributed by atoms with Crippen molar-refractivity contribution in [3.63, 3.8) is 0 Å². The van der Waals surface area contributed by atoms with Crippen LogP contribution in [-0.4, -0.2) is 15.7 Å². The highest BCUT2D eigenvalue weighted by Gasteiger charge is 2.16. The third-order valence-electron chi connectivity index (χ3n) is 3.94. The fourth-order valence-corrected chi connectivity index (χ4v) is 2.68. The largest absolute Gasteiger partial charge is 0.457 e. The lowest BCUT2D eigenvalue weighted by Crippen LogP contribution is -2.04. The zero-order valence-electron chi connectivity index (χ0n) is 13.9. The Kier molecular flexibility index (Phi) is 4.35. The van der Waals surface area contributed by atoms with Gasteiger partial charge in [-0.05, 0) is 24.3 Å². The van der Waals surface area contributed by atoms with E-state index in [4.69, 9.17) is 14.3 Å². The maximum Gasteiger partial charge on any atom is 0.374 e. The maximum absolute atomic E-state index is 12.1. The van der Waals surface area contributed by atoms with Crippen molar-refractivity contribution in [1.29, 1.82) is 0 Å². The third kappa shape index (κ3) is 3.28. The van der Waals surface area contributed by atoms with Crippen molar-refractivity contribution >= 4 is 5.97 Å². The molecule has 0 saturated heterocycles. The number of para-hydroxylation sites is 1. The minimum atomic E-state index is -0.499. The Bertz CT molecular complexity index is 990. The van der Waals surface area contributed by atoms with Crippen molar-refractivity contribution < 1.29 is 13.9 Å². The zero-order chi connectivity index (χ0) is 17.8. The van der Waals surface area contributed by atoms with E-state index in [1.165, 1.54) is 6.26 Å². The molecule has 0 aliphatic carbocycles. The summed E-state index contributed by atoms with van der Waals surface area (Å²) in [5.41, 5.74) is 3.50. The fraction of sp³-hybridized carbons (Fsp3) is 0.0476. The van der Waals surface area contributed by atoms with Crippen LogP contribution < -0.4 is 0 Å². The van der Waals surface area contributed by atoms with Crippen molar-refractivity contribution in [1.82, 2.24) is 9.78 Å². The summed E-state index contributed by atoms with van der Waals surface area (Å²) in [7, 11) is 0. The molecule has 0 amide bonds. The number of hydrogen-bond donors (Lipinski definition) is 0. The lowest BCUT2D eigenvalue weighted by Gasteiger charge is -2.03. The highest BCUT2D eigenvalue weighted by atomic mass is 16.5. The van der Waals surface area contributed by atoms with Gasteiger partial charge in [0, 0.05) is 17.3 Å². The van der Waals surface area contributed by atoms with Gasteiger partial charge in [-0.25, -0.2) is 9.48 Å². The molecule has 2 aromatic carbocycles. The number of ether oxygens (including phenoxy) is 1. The maximum atomic E-state index is 12.1. The number of aromatic nitrogens is 2. The minimum absolute atomic E-state index is 0.108. The van der Waals surface area contributed by atoms with Crippen molar-refractivity contribution in [3.8, 4) is 16.9 Å². The summed E-state index contributed by atoms with van der Waals surface area (Å²) in [6.45, 7) is 0.108. The molecule has 0 saturated carbocycles. The molecule has 26 heavy (non-hydrogen) atoms. The molecular formula is C21H16N2O3. The van der Waals surface area contributed by atoms with Crippen LogP contribution in [0.25, 0.3) is 16.9 Å². The van der Waals surface area contributed by atoms with Crippen LogP contribution in [0.3, 0.4) is 0 Å². The molecule has 0 aliphatic rings. The van der Waals surface area contributed by atoms with Gasteiger partial charge in [0.25, 0.3) is 0 Å². The van der Waals surface area contributed by atoms with Gasteiger partial charge in [-0.3, -0.25) is 0 Å². The van der Waals surface area contributed by atoms with Gasteiger partial charge in [0.15, 0.2) is 0 Å². The van der Waals surface area contributed by atoms with E-state index < -0.39 is 5.97 Å². The molecule has 128 valence electrons. The van der Waals surface area contributed by atoms with Gasteiger partial charge in [0.2, 0.25) is 5.76 Å². The lowest BCUT2D eigenvalue weighted by molar-refractivity contribution is 0.0437. The average molecular weight is 344 g/mol. The van der Waals surface area contributed by atoms with E-state index in [1.54, 1.807) is 16.8 Å². The van der Waals surface area contributed by atoms with E-state index in [2.05, 4.69) is 0 Å². The Labute approximate surface area is 150 Å². The highest BCUT2D eigenvalue weighted by molar-refractivity contribution is 5.86. The Morgan fingerprint density at radius 2 is 1.69 bits per heavy atom. The quantitative estimate of drug-likeness (QED) is 0.501. The van der Waals surface area contributed by atoms with Gasteiger partial charge in [0.05, 0.1) is 17.6 Å². The summed E-state index contributed by atoms with van der Waals surface area (Å²) in [6, 6.07) is 22.9. The van der Waals surface area contributed by atoms with Crippen LogP contribution in [-0.2, 0) is 11.3 Å². The van der Waals surface area contributed by atoms with Crippen molar-refractivity contribution in [2.24, 2.45) is 0 Å². The van der Waals surface area contributed by atoms with Crippen LogP contribution in [0.15, 0.2) is 89.7 Å². The summed E-state index contributed by atoms with van der Waals surface area (Å²) >= 11 is 0. The highest BCUT2D eigenvalue weighted by Crippen LogP contribution is 2.24. The van der Waals surface area contributed by atoms with Crippen LogP contribution in [0.2, 0.25) is 0 Å². The number of benzene rings is 2. The number of carbonyl (C=O) groups is 1. The average Bonchev–Trinajstić information content (AvgIpc) is 3.38. The first-order valence-corrected chi connectivity index (χ1v) is 8.21. The molecular weight excluding hydrogens is 328 g/mol. The number of esters is 1. The molecule has 0 unspecified atom stereocenters. The molecule has 2 heterocycles. The third-order valence-corrected chi connectivity index (χ3v) is 3.94. The lowest BCUT2D eigenvalue weighted by atomic mass is 10.1. The summed E-state index contributed by atoms with van der Waals surface area (Å²) in [5.74, 6) is -0.316. The standard InChI is InChI=1S/C21H16N2O3/c24-21(19-12-7-13-25-19)26-15-17-14-23(18-10-5-2-6-11-18)22-20(17)16-8-3-1-4-9-16/h1-14H,15H2. The molecule has 5 nitrogen and oxygen atoms in total. The second kappa shape index (κ2) is 7.11. The first-order chi connectivity index (χ1) is 12.8. The first-order valence-electron chi connectivity index (χ1n) is 8.21. The van der Waals surface area contributed by atoms with E-state index in [0.29, 0.717) is 0 Å². The number of nitrogens with zero attached hydrogens (tertiary/aromatic N) is 2. The second-order valence-electron chi connectivity index (χ2n) is 5.70. The summed E-state index contributed by atoms with van der Waals surface area (Å²) in [4.78, 5) is 12.1. The van der Waals surface area contributed by atoms with Gasteiger partial charge >= 0.3 is 5.97 Å². The molecule has 5 heteroatoms. The van der Waals surface area contributed by atoms with Crippen LogP contribution in [0.1, 0.15) is 16.1 Å². The number of carbonyl (C=O) groups excluding carboxylic acids is 1. The Balaban J connectivity index is 1.65. The molecule has 0 fully saturated rings. The smallest absolute Gasteiger partial charge is 0.374 e. The Hall–Kier alpha value is -3.60. The monoisotopic (exact) mass is 344 g/mol. The molecule has 0 aliphatic heterocycles. The summed E-state index contributed by atoms with van der Waals surface area (Å²) in [6.07, 6.45) is 3.33. The van der Waals surface area contributed by atoms with Gasteiger partial charge in [0.1, 0.15) is 6.61 Å². The van der Waals surface area contributed by atoms with Crippen LogP contribution in [0.5, 0.6) is 0 Å². The van der Waals surface area contributed by atoms with E-state index in [-0.39, 0.29) is 12.4 Å². The van der Waals surface area contributed by atoms with E-state index in [0.717, 1.165) is 22.5 Å². The second-order valence-corrected chi connectivity index (χ2v) is 5.70. The minimum Gasteiger partial charge on any atom is -0.457 e. The topological polar surface area (TPSA) is 57.3 Å². The number of hydrogen-bond acceptors (Lipinski definition) is 4.